The number of ether oxygens (including phenoxy) is 1. The summed E-state index contributed by atoms with van der Waals surface area (Å²) in [4.78, 5) is 1.93. The van der Waals surface area contributed by atoms with E-state index in [2.05, 4.69) is 6.58 Å². The minimum atomic E-state index is 0.618. The molecule has 2 heteroatoms. The van der Waals surface area contributed by atoms with Crippen molar-refractivity contribution in [3.63, 3.8) is 0 Å². The molecular weight excluding hydrogens is 102 g/mol. The highest BCUT2D eigenvalue weighted by molar-refractivity contribution is 4.89. The lowest BCUT2D eigenvalue weighted by atomic mass is 10.5. The lowest BCUT2D eigenvalue weighted by Crippen LogP contribution is -2.13. The van der Waals surface area contributed by atoms with Crippen LogP contribution in [-0.4, -0.2) is 32.7 Å². The van der Waals surface area contributed by atoms with Crippen molar-refractivity contribution in [1.82, 2.24) is 4.90 Å². The van der Waals surface area contributed by atoms with Gasteiger partial charge >= 0.3 is 0 Å². The van der Waals surface area contributed by atoms with Gasteiger partial charge in [-0.25, -0.2) is 0 Å². The van der Waals surface area contributed by atoms with E-state index in [1.165, 1.54) is 0 Å². The molecule has 0 aliphatic carbocycles. The van der Waals surface area contributed by atoms with Crippen LogP contribution in [0.25, 0.3) is 0 Å². The van der Waals surface area contributed by atoms with E-state index in [0.717, 1.165) is 5.70 Å². The van der Waals surface area contributed by atoms with E-state index in [1.54, 1.807) is 7.11 Å². The van der Waals surface area contributed by atoms with E-state index < -0.39 is 0 Å². The van der Waals surface area contributed by atoms with Crippen LogP contribution in [0, 0.1) is 0 Å². The fraction of sp³-hybridized carbons (Fsp3) is 0.667. The normalized spacial score (nSPS) is 8.88. The quantitative estimate of drug-likeness (QED) is 0.537. The first-order valence-electron chi connectivity index (χ1n) is 2.52. The van der Waals surface area contributed by atoms with Gasteiger partial charge in [0.05, 0.1) is 6.61 Å². The lowest BCUT2D eigenvalue weighted by Gasteiger charge is -2.13. The van der Waals surface area contributed by atoms with Crippen molar-refractivity contribution in [2.75, 3.05) is 27.8 Å². The third-order valence-electron chi connectivity index (χ3n) is 0.943. The summed E-state index contributed by atoms with van der Waals surface area (Å²) in [7, 11) is 5.55. The van der Waals surface area contributed by atoms with E-state index >= 15 is 0 Å². The third kappa shape index (κ3) is 2.64. The van der Waals surface area contributed by atoms with Crippen LogP contribution < -0.4 is 0 Å². The summed E-state index contributed by atoms with van der Waals surface area (Å²) >= 11 is 0. The average molecular weight is 115 g/mol. The van der Waals surface area contributed by atoms with Gasteiger partial charge in [-0.3, -0.25) is 0 Å². The fourth-order valence-electron chi connectivity index (χ4n) is 0.296. The Labute approximate surface area is 50.7 Å². The SMILES string of the molecule is C=C(COC)N(C)C. The van der Waals surface area contributed by atoms with Crippen LogP contribution in [0.1, 0.15) is 0 Å². The highest BCUT2D eigenvalue weighted by atomic mass is 16.5. The molecule has 48 valence electrons. The van der Waals surface area contributed by atoms with E-state index in [4.69, 9.17) is 4.74 Å². The van der Waals surface area contributed by atoms with E-state index in [1.807, 2.05) is 19.0 Å². The van der Waals surface area contributed by atoms with Crippen molar-refractivity contribution in [3.05, 3.63) is 12.3 Å². The minimum Gasteiger partial charge on any atom is -0.380 e. The van der Waals surface area contributed by atoms with Gasteiger partial charge in [0.1, 0.15) is 0 Å². The summed E-state index contributed by atoms with van der Waals surface area (Å²) in [6.07, 6.45) is 0. The Bertz CT molecular complexity index is 78.6. The smallest absolute Gasteiger partial charge is 0.0854 e. The second-order valence-corrected chi connectivity index (χ2v) is 1.89. The van der Waals surface area contributed by atoms with Gasteiger partial charge in [0.15, 0.2) is 0 Å². The van der Waals surface area contributed by atoms with E-state index in [0.29, 0.717) is 6.61 Å². The Hall–Kier alpha value is -0.500. The van der Waals surface area contributed by atoms with E-state index in [-0.39, 0.29) is 0 Å². The van der Waals surface area contributed by atoms with Gasteiger partial charge in [-0.2, -0.15) is 0 Å². The summed E-state index contributed by atoms with van der Waals surface area (Å²) in [6.45, 7) is 4.36. The first kappa shape index (κ1) is 7.50. The summed E-state index contributed by atoms with van der Waals surface area (Å²) in [6, 6.07) is 0. The Morgan fingerprint density at radius 3 is 2.25 bits per heavy atom. The molecule has 0 atom stereocenters. The molecule has 0 aliphatic rings. The van der Waals surface area contributed by atoms with Crippen LogP contribution in [0.5, 0.6) is 0 Å². The minimum absolute atomic E-state index is 0.618. The predicted molar refractivity (Wildman–Crippen MR) is 34.7 cm³/mol. The van der Waals surface area contributed by atoms with Crippen molar-refractivity contribution >= 4 is 0 Å². The largest absolute Gasteiger partial charge is 0.380 e. The highest BCUT2D eigenvalue weighted by Crippen LogP contribution is 1.91. The average Bonchev–Trinajstić information content (AvgIpc) is 1.67. The maximum absolute atomic E-state index is 4.82. The molecule has 0 spiro atoms. The van der Waals surface area contributed by atoms with Gasteiger partial charge in [0, 0.05) is 26.9 Å². The van der Waals surface area contributed by atoms with Gasteiger partial charge in [-0.1, -0.05) is 6.58 Å². The monoisotopic (exact) mass is 115 g/mol. The zero-order chi connectivity index (χ0) is 6.57. The van der Waals surface area contributed by atoms with Gasteiger partial charge in [-0.05, 0) is 0 Å². The first-order chi connectivity index (χ1) is 3.68. The maximum Gasteiger partial charge on any atom is 0.0854 e. The molecule has 0 saturated carbocycles. The van der Waals surface area contributed by atoms with Crippen LogP contribution in [0.15, 0.2) is 12.3 Å². The Kier molecular flexibility index (Phi) is 3.28. The van der Waals surface area contributed by atoms with Crippen molar-refractivity contribution in [2.45, 2.75) is 0 Å². The summed E-state index contributed by atoms with van der Waals surface area (Å²) in [5.74, 6) is 0. The Morgan fingerprint density at radius 2 is 2.12 bits per heavy atom. The molecule has 2 nitrogen and oxygen atoms in total. The second-order valence-electron chi connectivity index (χ2n) is 1.89. The van der Waals surface area contributed by atoms with Gasteiger partial charge in [0.25, 0.3) is 0 Å². The van der Waals surface area contributed by atoms with Crippen molar-refractivity contribution in [3.8, 4) is 0 Å². The third-order valence-corrected chi connectivity index (χ3v) is 0.943. The molecule has 0 heterocycles. The zero-order valence-electron chi connectivity index (χ0n) is 5.77. The van der Waals surface area contributed by atoms with E-state index in [9.17, 15) is 0 Å². The van der Waals surface area contributed by atoms with Gasteiger partial charge in [0.2, 0.25) is 0 Å². The molecule has 0 amide bonds. The molecular formula is C6H13NO. The number of likely N-dealkylation sites (N-methyl/N-ethyl adjacent to an activating group) is 1. The summed E-state index contributed by atoms with van der Waals surface area (Å²) in [5, 5.41) is 0. The number of methoxy groups -OCH3 is 1. The van der Waals surface area contributed by atoms with Crippen LogP contribution in [-0.2, 0) is 4.74 Å². The zero-order valence-corrected chi connectivity index (χ0v) is 5.77. The fourth-order valence-corrected chi connectivity index (χ4v) is 0.296. The van der Waals surface area contributed by atoms with Crippen LogP contribution in [0.4, 0.5) is 0 Å². The molecule has 0 aromatic rings. The topological polar surface area (TPSA) is 12.5 Å². The number of hydrogen-bond donors (Lipinski definition) is 0. The predicted octanol–water partition coefficient (Wildman–Crippen LogP) is 0.708. The summed E-state index contributed by atoms with van der Waals surface area (Å²) < 4.78 is 4.82. The Morgan fingerprint density at radius 1 is 1.62 bits per heavy atom. The number of rotatable bonds is 3. The molecule has 0 aromatic carbocycles. The molecule has 0 N–H and O–H groups in total. The molecule has 0 unspecified atom stereocenters. The summed E-state index contributed by atoms with van der Waals surface area (Å²) in [5.41, 5.74) is 0.993. The molecule has 0 bridgehead atoms. The molecule has 8 heavy (non-hydrogen) atoms. The molecule has 0 saturated heterocycles. The lowest BCUT2D eigenvalue weighted by molar-refractivity contribution is 0.204. The van der Waals surface area contributed by atoms with Crippen LogP contribution in [0.3, 0.4) is 0 Å². The number of hydrogen-bond acceptors (Lipinski definition) is 2. The van der Waals surface area contributed by atoms with Crippen molar-refractivity contribution < 1.29 is 4.74 Å². The standard InChI is InChI=1S/C6H13NO/c1-6(5-8-4)7(2)3/h1,5H2,2-4H3. The van der Waals surface area contributed by atoms with Gasteiger partial charge < -0.3 is 9.64 Å². The molecule has 0 aromatic heterocycles. The molecule has 0 rings (SSSR count). The maximum atomic E-state index is 4.82. The Balaban J connectivity index is 3.33. The van der Waals surface area contributed by atoms with Crippen molar-refractivity contribution in [2.24, 2.45) is 0 Å². The number of nitrogens with zero attached hydrogens (tertiary/aromatic N) is 1. The second kappa shape index (κ2) is 3.50. The molecule has 0 radical (unpaired) electrons. The van der Waals surface area contributed by atoms with Crippen LogP contribution in [0.2, 0.25) is 0 Å². The highest BCUT2D eigenvalue weighted by Gasteiger charge is 1.91. The van der Waals surface area contributed by atoms with Crippen molar-refractivity contribution in [1.29, 1.82) is 0 Å². The first-order valence-corrected chi connectivity index (χ1v) is 2.52. The van der Waals surface area contributed by atoms with Gasteiger partial charge in [-0.15, -0.1) is 0 Å². The molecule has 0 fully saturated rings. The van der Waals surface area contributed by atoms with Crippen LogP contribution >= 0.6 is 0 Å². The molecule has 0 aliphatic heterocycles.